The third-order valence-corrected chi connectivity index (χ3v) is 4.57. The summed E-state index contributed by atoms with van der Waals surface area (Å²) in [6.45, 7) is 0. The molecule has 0 amide bonds. The molecular weight excluding hydrogens is 380 g/mol. The van der Waals surface area contributed by atoms with Crippen molar-refractivity contribution in [1.82, 2.24) is 40.1 Å². The van der Waals surface area contributed by atoms with Gasteiger partial charge in [0, 0.05) is 17.3 Å². The van der Waals surface area contributed by atoms with Gasteiger partial charge in [0.25, 0.3) is 0 Å². The maximum Gasteiger partial charge on any atom is 0.325 e. The van der Waals surface area contributed by atoms with Crippen molar-refractivity contribution in [2.24, 2.45) is 0 Å². The highest BCUT2D eigenvalue weighted by Crippen LogP contribution is 2.30. The molecule has 0 saturated heterocycles. The summed E-state index contributed by atoms with van der Waals surface area (Å²) in [5.41, 5.74) is 4.11. The maximum atomic E-state index is 11.4. The van der Waals surface area contributed by atoms with Crippen LogP contribution in [0.25, 0.3) is 39.4 Å². The number of hydrogen-bond acceptors (Lipinski definition) is 6. The SMILES string of the molecule is O=c1[nH]c2cc(Cl)c(-c3ccc(-c4ccc(-n5cnnn5)nc4)cc3)nc2[nH]1. The molecule has 4 heterocycles. The van der Waals surface area contributed by atoms with E-state index in [2.05, 4.69) is 35.5 Å². The number of nitrogens with zero attached hydrogens (tertiary/aromatic N) is 6. The van der Waals surface area contributed by atoms with Gasteiger partial charge in [-0.3, -0.25) is 4.98 Å². The topological polar surface area (TPSA) is 118 Å². The van der Waals surface area contributed by atoms with Crippen LogP contribution in [0.2, 0.25) is 5.02 Å². The van der Waals surface area contributed by atoms with Crippen LogP contribution in [0.1, 0.15) is 0 Å². The Labute approximate surface area is 162 Å². The molecule has 0 aliphatic heterocycles. The summed E-state index contributed by atoms with van der Waals surface area (Å²) in [5, 5.41) is 11.5. The van der Waals surface area contributed by atoms with Crippen molar-refractivity contribution >= 4 is 22.8 Å². The summed E-state index contributed by atoms with van der Waals surface area (Å²) in [7, 11) is 0. The number of benzene rings is 1. The van der Waals surface area contributed by atoms with E-state index in [0.717, 1.165) is 16.7 Å². The summed E-state index contributed by atoms with van der Waals surface area (Å²) in [6, 6.07) is 13.3. The summed E-state index contributed by atoms with van der Waals surface area (Å²) >= 11 is 6.34. The van der Waals surface area contributed by atoms with Crippen LogP contribution >= 0.6 is 11.6 Å². The maximum absolute atomic E-state index is 11.4. The number of nitrogens with one attached hydrogen (secondary N) is 2. The second-order valence-corrected chi connectivity index (χ2v) is 6.44. The molecule has 136 valence electrons. The number of hydrogen-bond donors (Lipinski definition) is 2. The molecule has 0 aliphatic carbocycles. The van der Waals surface area contributed by atoms with Crippen molar-refractivity contribution in [2.75, 3.05) is 0 Å². The van der Waals surface area contributed by atoms with Gasteiger partial charge in [-0.05, 0) is 34.2 Å². The lowest BCUT2D eigenvalue weighted by Gasteiger charge is -2.07. The zero-order valence-electron chi connectivity index (χ0n) is 14.2. The molecule has 9 nitrogen and oxygen atoms in total. The zero-order valence-corrected chi connectivity index (χ0v) is 14.9. The molecule has 0 unspecified atom stereocenters. The second kappa shape index (κ2) is 6.39. The van der Waals surface area contributed by atoms with Crippen molar-refractivity contribution in [3.63, 3.8) is 0 Å². The Morgan fingerprint density at radius 3 is 2.46 bits per heavy atom. The average Bonchev–Trinajstić information content (AvgIpc) is 3.37. The van der Waals surface area contributed by atoms with Gasteiger partial charge in [0.15, 0.2) is 11.5 Å². The molecule has 0 aliphatic rings. The molecule has 5 aromatic rings. The van der Waals surface area contributed by atoms with Crippen LogP contribution in [0.5, 0.6) is 0 Å². The summed E-state index contributed by atoms with van der Waals surface area (Å²) in [5.74, 6) is 0.634. The third-order valence-electron chi connectivity index (χ3n) is 4.28. The van der Waals surface area contributed by atoms with Crippen molar-refractivity contribution < 1.29 is 0 Å². The first-order chi connectivity index (χ1) is 13.7. The smallest absolute Gasteiger partial charge is 0.304 e. The predicted molar refractivity (Wildman–Crippen MR) is 103 cm³/mol. The van der Waals surface area contributed by atoms with Gasteiger partial charge in [0.05, 0.1) is 16.2 Å². The quantitative estimate of drug-likeness (QED) is 0.489. The molecule has 0 atom stereocenters. The number of rotatable bonds is 3. The Balaban J connectivity index is 1.47. The van der Waals surface area contributed by atoms with Crippen LogP contribution in [0, 0.1) is 0 Å². The minimum absolute atomic E-state index is 0.316. The van der Waals surface area contributed by atoms with E-state index in [9.17, 15) is 4.79 Å². The lowest BCUT2D eigenvalue weighted by molar-refractivity contribution is 0.771. The minimum Gasteiger partial charge on any atom is -0.304 e. The van der Waals surface area contributed by atoms with E-state index in [1.807, 2.05) is 36.4 Å². The number of H-pyrrole nitrogens is 2. The normalized spacial score (nSPS) is 11.2. The summed E-state index contributed by atoms with van der Waals surface area (Å²) < 4.78 is 1.49. The molecule has 5 rings (SSSR count). The molecule has 0 radical (unpaired) electrons. The average molecular weight is 391 g/mol. The Morgan fingerprint density at radius 2 is 1.75 bits per heavy atom. The number of halogens is 1. The van der Waals surface area contributed by atoms with E-state index in [-0.39, 0.29) is 5.69 Å². The first-order valence-corrected chi connectivity index (χ1v) is 8.64. The molecule has 10 heteroatoms. The van der Waals surface area contributed by atoms with Gasteiger partial charge in [-0.2, -0.15) is 4.68 Å². The highest BCUT2D eigenvalue weighted by atomic mass is 35.5. The lowest BCUT2D eigenvalue weighted by atomic mass is 10.0. The number of tetrazole rings is 1. The lowest BCUT2D eigenvalue weighted by Crippen LogP contribution is -1.99. The van der Waals surface area contributed by atoms with Gasteiger partial charge < -0.3 is 4.98 Å². The van der Waals surface area contributed by atoms with Gasteiger partial charge in [-0.15, -0.1) is 5.10 Å². The Kier molecular flexibility index (Phi) is 3.73. The van der Waals surface area contributed by atoms with Gasteiger partial charge in [0.1, 0.15) is 6.33 Å². The minimum atomic E-state index is -0.316. The Bertz CT molecular complexity index is 1320. The molecule has 0 spiro atoms. The molecule has 0 saturated carbocycles. The number of imidazole rings is 1. The molecule has 1 aromatic carbocycles. The fourth-order valence-corrected chi connectivity index (χ4v) is 3.18. The highest BCUT2D eigenvalue weighted by molar-refractivity contribution is 6.33. The third kappa shape index (κ3) is 2.83. The van der Waals surface area contributed by atoms with Gasteiger partial charge in [-0.25, -0.2) is 14.8 Å². The number of aromatic nitrogens is 8. The van der Waals surface area contributed by atoms with Crippen molar-refractivity contribution in [3.05, 3.63) is 70.5 Å². The first-order valence-electron chi connectivity index (χ1n) is 8.26. The largest absolute Gasteiger partial charge is 0.325 e. The van der Waals surface area contributed by atoms with Gasteiger partial charge in [0.2, 0.25) is 0 Å². The fourth-order valence-electron chi connectivity index (χ4n) is 2.92. The summed E-state index contributed by atoms with van der Waals surface area (Å²) in [6.07, 6.45) is 3.25. The van der Waals surface area contributed by atoms with E-state index in [0.29, 0.717) is 27.7 Å². The Morgan fingerprint density at radius 1 is 0.964 bits per heavy atom. The van der Waals surface area contributed by atoms with Gasteiger partial charge in [-0.1, -0.05) is 35.9 Å². The Hall–Kier alpha value is -3.85. The van der Waals surface area contributed by atoms with E-state index in [1.165, 1.54) is 11.0 Å². The van der Waals surface area contributed by atoms with Crippen molar-refractivity contribution in [2.45, 2.75) is 0 Å². The molecular formula is C18H11ClN8O. The predicted octanol–water partition coefficient (Wildman–Crippen LogP) is 2.61. The van der Waals surface area contributed by atoms with Crippen LogP contribution in [-0.2, 0) is 0 Å². The second-order valence-electron chi connectivity index (χ2n) is 6.03. The standard InChI is InChI=1S/C18H11ClN8O/c19-13-7-14-17(24-18(28)22-14)23-16(13)11-3-1-10(2-4-11)12-5-6-15(20-8-12)27-9-21-25-26-27/h1-9H,(H2,22,23,24,28). The summed E-state index contributed by atoms with van der Waals surface area (Å²) in [4.78, 5) is 25.6. The van der Waals surface area contributed by atoms with Crippen LogP contribution < -0.4 is 5.69 Å². The van der Waals surface area contributed by atoms with E-state index in [1.54, 1.807) is 12.3 Å². The highest BCUT2D eigenvalue weighted by Gasteiger charge is 2.10. The molecule has 2 N–H and O–H groups in total. The van der Waals surface area contributed by atoms with Crippen LogP contribution in [-0.4, -0.2) is 40.1 Å². The molecule has 4 aromatic heterocycles. The number of fused-ring (bicyclic) bond motifs is 1. The van der Waals surface area contributed by atoms with Crippen LogP contribution in [0.15, 0.2) is 59.8 Å². The van der Waals surface area contributed by atoms with Crippen LogP contribution in [0.3, 0.4) is 0 Å². The van der Waals surface area contributed by atoms with Gasteiger partial charge >= 0.3 is 5.69 Å². The monoisotopic (exact) mass is 390 g/mol. The van der Waals surface area contributed by atoms with Crippen molar-refractivity contribution in [3.8, 4) is 28.2 Å². The van der Waals surface area contributed by atoms with E-state index < -0.39 is 0 Å². The molecule has 0 bridgehead atoms. The molecule has 0 fully saturated rings. The van der Waals surface area contributed by atoms with Crippen molar-refractivity contribution in [1.29, 1.82) is 0 Å². The number of aromatic amines is 2. The first kappa shape index (κ1) is 16.3. The number of pyridine rings is 2. The fraction of sp³-hybridized carbons (Fsp3) is 0. The van der Waals surface area contributed by atoms with E-state index in [4.69, 9.17) is 11.6 Å². The van der Waals surface area contributed by atoms with Crippen LogP contribution in [0.4, 0.5) is 0 Å². The zero-order chi connectivity index (χ0) is 19.1. The molecule has 28 heavy (non-hydrogen) atoms. The van der Waals surface area contributed by atoms with E-state index >= 15 is 0 Å².